The maximum atomic E-state index is 3.69. The van der Waals surface area contributed by atoms with Gasteiger partial charge < -0.3 is 10.2 Å². The summed E-state index contributed by atoms with van der Waals surface area (Å²) in [6.45, 7) is 13.8. The Kier molecular flexibility index (Phi) is 3.96. The van der Waals surface area contributed by atoms with E-state index in [-0.39, 0.29) is 5.54 Å². The molecule has 1 N–H and O–H groups in total. The minimum absolute atomic E-state index is 0.269. The lowest BCUT2D eigenvalue weighted by Crippen LogP contribution is -2.50. The van der Waals surface area contributed by atoms with Crippen molar-refractivity contribution in [3.8, 4) is 0 Å². The molecule has 1 rings (SSSR count). The molecule has 0 radical (unpaired) electrons. The Balaban J connectivity index is 2.29. The van der Waals surface area contributed by atoms with E-state index in [1.165, 1.54) is 25.9 Å². The van der Waals surface area contributed by atoms with E-state index in [1.807, 2.05) is 0 Å². The quantitative estimate of drug-likeness (QED) is 0.732. The molecule has 1 aliphatic heterocycles. The van der Waals surface area contributed by atoms with E-state index in [0.717, 1.165) is 6.04 Å². The van der Waals surface area contributed by atoms with Crippen molar-refractivity contribution in [3.05, 3.63) is 0 Å². The highest BCUT2D eigenvalue weighted by Gasteiger charge is 2.23. The molecule has 0 aliphatic carbocycles. The fourth-order valence-electron chi connectivity index (χ4n) is 2.17. The van der Waals surface area contributed by atoms with Gasteiger partial charge in [-0.3, -0.25) is 0 Å². The Labute approximate surface area is 89.1 Å². The first-order chi connectivity index (χ1) is 6.38. The number of likely N-dealkylation sites (tertiary alicyclic amines) is 1. The van der Waals surface area contributed by atoms with Crippen LogP contribution < -0.4 is 5.32 Å². The van der Waals surface area contributed by atoms with Gasteiger partial charge in [-0.25, -0.2) is 0 Å². The molecule has 0 aromatic carbocycles. The predicted octanol–water partition coefficient (Wildman–Crippen LogP) is 2.25. The van der Waals surface area contributed by atoms with E-state index in [4.69, 9.17) is 0 Å². The topological polar surface area (TPSA) is 15.3 Å². The van der Waals surface area contributed by atoms with Crippen LogP contribution in [0, 0.1) is 0 Å². The SMILES string of the molecule is CC(C)N1CCC(NC(C)(C)C)CC1. The molecule has 0 spiro atoms. The average Bonchev–Trinajstić information content (AvgIpc) is 2.02. The lowest BCUT2D eigenvalue weighted by Gasteiger charge is -2.37. The number of piperidine rings is 1. The normalized spacial score (nSPS) is 21.9. The molecule has 0 atom stereocenters. The largest absolute Gasteiger partial charge is 0.309 e. The van der Waals surface area contributed by atoms with Gasteiger partial charge in [-0.1, -0.05) is 0 Å². The number of hydrogen-bond acceptors (Lipinski definition) is 2. The van der Waals surface area contributed by atoms with Gasteiger partial charge in [-0.2, -0.15) is 0 Å². The molecule has 1 saturated heterocycles. The highest BCUT2D eigenvalue weighted by atomic mass is 15.2. The summed E-state index contributed by atoms with van der Waals surface area (Å²) in [4.78, 5) is 2.57. The van der Waals surface area contributed by atoms with Gasteiger partial charge in [-0.05, 0) is 60.5 Å². The fourth-order valence-corrected chi connectivity index (χ4v) is 2.17. The summed E-state index contributed by atoms with van der Waals surface area (Å²) in [5.74, 6) is 0. The summed E-state index contributed by atoms with van der Waals surface area (Å²) < 4.78 is 0. The monoisotopic (exact) mass is 198 g/mol. The Bertz CT molecular complexity index is 162. The lowest BCUT2D eigenvalue weighted by atomic mass is 9.99. The summed E-state index contributed by atoms with van der Waals surface area (Å²) in [7, 11) is 0. The molecule has 0 amide bonds. The highest BCUT2D eigenvalue weighted by molar-refractivity contribution is 4.83. The summed E-state index contributed by atoms with van der Waals surface area (Å²) in [6, 6.07) is 1.44. The molecular weight excluding hydrogens is 172 g/mol. The van der Waals surface area contributed by atoms with Crippen LogP contribution in [0.25, 0.3) is 0 Å². The van der Waals surface area contributed by atoms with E-state index in [2.05, 4.69) is 44.8 Å². The van der Waals surface area contributed by atoms with Crippen molar-refractivity contribution in [2.24, 2.45) is 0 Å². The third kappa shape index (κ3) is 3.97. The van der Waals surface area contributed by atoms with Gasteiger partial charge in [0.05, 0.1) is 0 Å². The molecule has 0 saturated carbocycles. The second-order valence-corrected chi connectivity index (χ2v) is 5.80. The molecule has 0 unspecified atom stereocenters. The summed E-state index contributed by atoms with van der Waals surface area (Å²) in [5.41, 5.74) is 0.269. The first-order valence-electron chi connectivity index (χ1n) is 5.90. The third-order valence-electron chi connectivity index (χ3n) is 2.90. The minimum Gasteiger partial charge on any atom is -0.309 e. The van der Waals surface area contributed by atoms with E-state index in [0.29, 0.717) is 6.04 Å². The van der Waals surface area contributed by atoms with Crippen LogP contribution in [0.3, 0.4) is 0 Å². The number of hydrogen-bond donors (Lipinski definition) is 1. The minimum atomic E-state index is 0.269. The summed E-state index contributed by atoms with van der Waals surface area (Å²) in [5, 5.41) is 3.69. The van der Waals surface area contributed by atoms with Gasteiger partial charge in [0.1, 0.15) is 0 Å². The molecule has 0 aromatic rings. The van der Waals surface area contributed by atoms with Crippen molar-refractivity contribution in [1.82, 2.24) is 10.2 Å². The van der Waals surface area contributed by atoms with E-state index < -0.39 is 0 Å². The Morgan fingerprint density at radius 1 is 1.14 bits per heavy atom. The van der Waals surface area contributed by atoms with Crippen molar-refractivity contribution in [1.29, 1.82) is 0 Å². The van der Waals surface area contributed by atoms with Crippen molar-refractivity contribution in [3.63, 3.8) is 0 Å². The first-order valence-corrected chi connectivity index (χ1v) is 5.90. The molecule has 1 fully saturated rings. The predicted molar refractivity (Wildman–Crippen MR) is 62.6 cm³/mol. The maximum Gasteiger partial charge on any atom is 0.00991 e. The van der Waals surface area contributed by atoms with Gasteiger partial charge in [0.2, 0.25) is 0 Å². The second kappa shape index (κ2) is 4.63. The Morgan fingerprint density at radius 2 is 1.64 bits per heavy atom. The second-order valence-electron chi connectivity index (χ2n) is 5.80. The van der Waals surface area contributed by atoms with Crippen LogP contribution in [-0.2, 0) is 0 Å². The zero-order valence-electron chi connectivity index (χ0n) is 10.4. The van der Waals surface area contributed by atoms with Gasteiger partial charge in [-0.15, -0.1) is 0 Å². The molecule has 0 aromatic heterocycles. The van der Waals surface area contributed by atoms with Crippen LogP contribution in [0.2, 0.25) is 0 Å². The average molecular weight is 198 g/mol. The number of rotatable bonds is 2. The molecule has 2 heteroatoms. The Morgan fingerprint density at radius 3 is 2.00 bits per heavy atom. The smallest absolute Gasteiger partial charge is 0.00991 e. The lowest BCUT2D eigenvalue weighted by molar-refractivity contribution is 0.150. The Hall–Kier alpha value is -0.0800. The molecule has 0 bridgehead atoms. The highest BCUT2D eigenvalue weighted by Crippen LogP contribution is 2.15. The van der Waals surface area contributed by atoms with Crippen LogP contribution in [0.4, 0.5) is 0 Å². The molecule has 1 heterocycles. The van der Waals surface area contributed by atoms with E-state index in [9.17, 15) is 0 Å². The molecule has 84 valence electrons. The molecule has 1 aliphatic rings. The van der Waals surface area contributed by atoms with Crippen LogP contribution in [0.1, 0.15) is 47.5 Å². The fraction of sp³-hybridized carbons (Fsp3) is 1.00. The van der Waals surface area contributed by atoms with E-state index >= 15 is 0 Å². The number of nitrogens with one attached hydrogen (secondary N) is 1. The molecular formula is C12H26N2. The number of nitrogens with zero attached hydrogens (tertiary/aromatic N) is 1. The van der Waals surface area contributed by atoms with Crippen molar-refractivity contribution in [2.45, 2.75) is 65.1 Å². The van der Waals surface area contributed by atoms with Gasteiger partial charge in [0.25, 0.3) is 0 Å². The van der Waals surface area contributed by atoms with Crippen molar-refractivity contribution in [2.75, 3.05) is 13.1 Å². The van der Waals surface area contributed by atoms with Crippen LogP contribution in [-0.4, -0.2) is 35.6 Å². The zero-order chi connectivity index (χ0) is 10.8. The van der Waals surface area contributed by atoms with Crippen molar-refractivity contribution >= 4 is 0 Å². The van der Waals surface area contributed by atoms with Gasteiger partial charge in [0, 0.05) is 17.6 Å². The maximum absolute atomic E-state index is 3.69. The van der Waals surface area contributed by atoms with Crippen LogP contribution in [0.5, 0.6) is 0 Å². The van der Waals surface area contributed by atoms with Gasteiger partial charge in [0.15, 0.2) is 0 Å². The van der Waals surface area contributed by atoms with Crippen LogP contribution in [0.15, 0.2) is 0 Å². The summed E-state index contributed by atoms with van der Waals surface area (Å²) >= 11 is 0. The van der Waals surface area contributed by atoms with E-state index in [1.54, 1.807) is 0 Å². The molecule has 14 heavy (non-hydrogen) atoms. The molecule has 2 nitrogen and oxygen atoms in total. The standard InChI is InChI=1S/C12H26N2/c1-10(2)14-8-6-11(7-9-14)13-12(3,4)5/h10-11,13H,6-9H2,1-5H3. The zero-order valence-corrected chi connectivity index (χ0v) is 10.4. The third-order valence-corrected chi connectivity index (χ3v) is 2.90. The van der Waals surface area contributed by atoms with Gasteiger partial charge >= 0.3 is 0 Å². The van der Waals surface area contributed by atoms with Crippen LogP contribution >= 0.6 is 0 Å². The van der Waals surface area contributed by atoms with Crippen molar-refractivity contribution < 1.29 is 0 Å². The summed E-state index contributed by atoms with van der Waals surface area (Å²) in [6.07, 6.45) is 2.60. The first kappa shape index (κ1) is 12.0.